The number of hydrazine groups is 1. The molecule has 0 saturated heterocycles. The van der Waals surface area contributed by atoms with Crippen LogP contribution in [0.2, 0.25) is 0 Å². The van der Waals surface area contributed by atoms with Gasteiger partial charge in [-0.15, -0.1) is 0 Å². The van der Waals surface area contributed by atoms with E-state index in [2.05, 4.69) is 5.43 Å². The average Bonchev–Trinajstić information content (AvgIpc) is 2.68. The molecule has 32 heavy (non-hydrogen) atoms. The highest BCUT2D eigenvalue weighted by molar-refractivity contribution is 6.58. The van der Waals surface area contributed by atoms with Crippen LogP contribution in [0.4, 0.5) is 4.39 Å². The fourth-order valence-corrected chi connectivity index (χ4v) is 3.82. The van der Waals surface area contributed by atoms with Crippen molar-refractivity contribution >= 4 is 24.4 Å². The van der Waals surface area contributed by atoms with Gasteiger partial charge in [-0.1, -0.05) is 63.4 Å². The van der Waals surface area contributed by atoms with Crippen LogP contribution in [0.3, 0.4) is 0 Å². The SMILES string of the molecule is CCC[C@@H](N(NC(=O)c1cccc(B(O)O)c1F)C(=O)c1cc(C)cc(C)c1)C(C)(C)C. The number of carbonyl (C=O) groups is 2. The molecule has 2 aromatic rings. The number of benzene rings is 2. The number of hydrogen-bond donors (Lipinski definition) is 3. The van der Waals surface area contributed by atoms with Crippen molar-refractivity contribution in [2.75, 3.05) is 0 Å². The van der Waals surface area contributed by atoms with E-state index in [1.807, 2.05) is 47.6 Å². The minimum absolute atomic E-state index is 0.362. The van der Waals surface area contributed by atoms with Gasteiger partial charge in [0.15, 0.2) is 0 Å². The van der Waals surface area contributed by atoms with E-state index < -0.39 is 30.2 Å². The molecule has 0 aliphatic carbocycles. The van der Waals surface area contributed by atoms with Crippen molar-refractivity contribution in [2.45, 2.75) is 60.4 Å². The first-order chi connectivity index (χ1) is 14.9. The topological polar surface area (TPSA) is 89.9 Å². The molecule has 2 rings (SSSR count). The summed E-state index contributed by atoms with van der Waals surface area (Å²) < 4.78 is 14.8. The van der Waals surface area contributed by atoms with E-state index in [-0.39, 0.29) is 17.0 Å². The summed E-state index contributed by atoms with van der Waals surface area (Å²) in [5, 5.41) is 20.0. The zero-order chi connectivity index (χ0) is 24.2. The standard InChI is InChI=1S/C24H32BFN2O4/c1-7-9-20(24(4,5)6)28(23(30)17-13-15(2)12-16(3)14-17)27-22(29)18-10-8-11-19(21(18)26)25(31)32/h8,10-14,20,31-32H,7,9H2,1-6H3,(H,27,29)/t20-/m1/s1. The van der Waals surface area contributed by atoms with Gasteiger partial charge in [0.1, 0.15) is 5.82 Å². The van der Waals surface area contributed by atoms with Crippen LogP contribution in [0.1, 0.15) is 72.4 Å². The van der Waals surface area contributed by atoms with Crippen molar-refractivity contribution in [1.29, 1.82) is 0 Å². The van der Waals surface area contributed by atoms with Crippen molar-refractivity contribution in [1.82, 2.24) is 10.4 Å². The molecule has 172 valence electrons. The number of aryl methyl sites for hydroxylation is 2. The lowest BCUT2D eigenvalue weighted by Gasteiger charge is -2.40. The second-order valence-electron chi connectivity index (χ2n) is 9.25. The molecule has 3 N–H and O–H groups in total. The quantitative estimate of drug-likeness (QED) is 0.474. The molecule has 0 aliphatic heterocycles. The van der Waals surface area contributed by atoms with E-state index in [0.717, 1.165) is 17.5 Å². The fraction of sp³-hybridized carbons (Fsp3) is 0.417. The summed E-state index contributed by atoms with van der Waals surface area (Å²) in [6, 6.07) is 8.88. The Bertz CT molecular complexity index is 968. The van der Waals surface area contributed by atoms with Gasteiger partial charge in [-0.05, 0) is 43.9 Å². The highest BCUT2D eigenvalue weighted by Crippen LogP contribution is 2.29. The van der Waals surface area contributed by atoms with Gasteiger partial charge in [-0.2, -0.15) is 0 Å². The average molecular weight is 442 g/mol. The van der Waals surface area contributed by atoms with Crippen LogP contribution in [-0.4, -0.2) is 40.0 Å². The Morgan fingerprint density at radius 1 is 1.12 bits per heavy atom. The van der Waals surface area contributed by atoms with E-state index in [4.69, 9.17) is 0 Å². The lowest BCUT2D eigenvalue weighted by Crippen LogP contribution is -2.56. The maximum absolute atomic E-state index is 14.8. The molecule has 0 saturated carbocycles. The van der Waals surface area contributed by atoms with Crippen LogP contribution in [-0.2, 0) is 0 Å². The van der Waals surface area contributed by atoms with Crippen LogP contribution in [0.25, 0.3) is 0 Å². The summed E-state index contributed by atoms with van der Waals surface area (Å²) in [5.74, 6) is -2.27. The van der Waals surface area contributed by atoms with E-state index in [1.165, 1.54) is 23.2 Å². The van der Waals surface area contributed by atoms with Crippen molar-refractivity contribution in [3.63, 3.8) is 0 Å². The van der Waals surface area contributed by atoms with Gasteiger partial charge in [0.25, 0.3) is 11.8 Å². The number of amides is 2. The molecule has 0 heterocycles. The molecular weight excluding hydrogens is 410 g/mol. The molecule has 0 fully saturated rings. The third-order valence-electron chi connectivity index (χ3n) is 5.33. The van der Waals surface area contributed by atoms with Crippen LogP contribution in [0, 0.1) is 25.1 Å². The second kappa shape index (κ2) is 10.3. The van der Waals surface area contributed by atoms with Crippen molar-refractivity contribution in [2.24, 2.45) is 5.41 Å². The van der Waals surface area contributed by atoms with Crippen LogP contribution >= 0.6 is 0 Å². The fourth-order valence-electron chi connectivity index (χ4n) is 3.82. The third-order valence-corrected chi connectivity index (χ3v) is 5.33. The number of hydrogen-bond acceptors (Lipinski definition) is 4. The molecule has 1 atom stereocenters. The predicted octanol–water partition coefficient (Wildman–Crippen LogP) is 3.12. The molecule has 0 bridgehead atoms. The van der Waals surface area contributed by atoms with Gasteiger partial charge >= 0.3 is 7.12 Å². The van der Waals surface area contributed by atoms with Gasteiger partial charge in [0.2, 0.25) is 0 Å². The molecule has 0 radical (unpaired) electrons. The monoisotopic (exact) mass is 442 g/mol. The van der Waals surface area contributed by atoms with E-state index in [9.17, 15) is 24.0 Å². The predicted molar refractivity (Wildman–Crippen MR) is 124 cm³/mol. The molecule has 0 aliphatic rings. The smallest absolute Gasteiger partial charge is 0.423 e. The largest absolute Gasteiger partial charge is 0.491 e. The maximum Gasteiger partial charge on any atom is 0.491 e. The zero-order valence-corrected chi connectivity index (χ0v) is 19.6. The van der Waals surface area contributed by atoms with Gasteiger partial charge in [0.05, 0.1) is 11.6 Å². The second-order valence-corrected chi connectivity index (χ2v) is 9.25. The Labute approximate surface area is 189 Å². The molecule has 2 aromatic carbocycles. The lowest BCUT2D eigenvalue weighted by atomic mass is 9.79. The van der Waals surface area contributed by atoms with Crippen molar-refractivity contribution < 1.29 is 24.0 Å². The first-order valence-electron chi connectivity index (χ1n) is 10.7. The summed E-state index contributed by atoms with van der Waals surface area (Å²) in [4.78, 5) is 26.6. The van der Waals surface area contributed by atoms with E-state index >= 15 is 0 Å². The number of nitrogens with zero attached hydrogens (tertiary/aromatic N) is 1. The minimum atomic E-state index is -2.06. The van der Waals surface area contributed by atoms with Gasteiger partial charge in [-0.25, -0.2) is 9.40 Å². The van der Waals surface area contributed by atoms with Crippen molar-refractivity contribution in [3.05, 3.63) is 64.5 Å². The summed E-state index contributed by atoms with van der Waals surface area (Å²) >= 11 is 0. The first kappa shape index (κ1) is 25.6. The number of rotatable bonds is 6. The van der Waals surface area contributed by atoms with E-state index in [0.29, 0.717) is 12.0 Å². The van der Waals surface area contributed by atoms with Crippen LogP contribution < -0.4 is 10.9 Å². The Kier molecular flexibility index (Phi) is 8.21. The maximum atomic E-state index is 14.8. The number of halogens is 1. The summed E-state index contributed by atoms with van der Waals surface area (Å²) in [5.41, 5.74) is 3.70. The van der Waals surface area contributed by atoms with Gasteiger partial charge < -0.3 is 10.0 Å². The normalized spacial score (nSPS) is 12.3. The minimum Gasteiger partial charge on any atom is -0.423 e. The zero-order valence-electron chi connectivity index (χ0n) is 19.6. The summed E-state index contributed by atoms with van der Waals surface area (Å²) in [7, 11) is -2.06. The Balaban J connectivity index is 2.53. The Morgan fingerprint density at radius 2 is 1.72 bits per heavy atom. The number of carbonyl (C=O) groups excluding carboxylic acids is 2. The lowest BCUT2D eigenvalue weighted by molar-refractivity contribution is 0.0269. The molecule has 8 heteroatoms. The molecule has 0 unspecified atom stereocenters. The number of nitrogens with one attached hydrogen (secondary N) is 1. The highest BCUT2D eigenvalue weighted by Gasteiger charge is 2.35. The van der Waals surface area contributed by atoms with Crippen LogP contribution in [0.5, 0.6) is 0 Å². The van der Waals surface area contributed by atoms with Crippen molar-refractivity contribution in [3.8, 4) is 0 Å². The first-order valence-corrected chi connectivity index (χ1v) is 10.7. The summed E-state index contributed by atoms with van der Waals surface area (Å²) in [6.45, 7) is 11.7. The molecule has 0 aromatic heterocycles. The molecule has 6 nitrogen and oxygen atoms in total. The van der Waals surface area contributed by atoms with Gasteiger partial charge in [-0.3, -0.25) is 15.0 Å². The third kappa shape index (κ3) is 5.96. The Hall–Kier alpha value is -2.71. The molecule has 0 spiro atoms. The molecule has 2 amide bonds. The van der Waals surface area contributed by atoms with E-state index in [1.54, 1.807) is 12.1 Å². The molecular formula is C24H32BFN2O4. The van der Waals surface area contributed by atoms with Gasteiger partial charge in [0, 0.05) is 11.0 Å². The summed E-state index contributed by atoms with van der Waals surface area (Å²) in [6.07, 6.45) is 1.40. The highest BCUT2D eigenvalue weighted by atomic mass is 19.1. The van der Waals surface area contributed by atoms with Crippen LogP contribution in [0.15, 0.2) is 36.4 Å². The Morgan fingerprint density at radius 3 is 2.22 bits per heavy atom.